The Morgan fingerprint density at radius 1 is 1.21 bits per heavy atom. The Bertz CT molecular complexity index is 720. The Balaban J connectivity index is 1.90. The second-order valence-electron chi connectivity index (χ2n) is 4.33. The maximum atomic E-state index is 13.5. The zero-order valence-corrected chi connectivity index (χ0v) is 10.5. The lowest BCUT2D eigenvalue weighted by atomic mass is 10.2. The second kappa shape index (κ2) is 4.68. The van der Waals surface area contributed by atoms with Gasteiger partial charge in [-0.15, -0.1) is 0 Å². The molecule has 1 N–H and O–H groups in total. The molecule has 3 aromatic rings. The summed E-state index contributed by atoms with van der Waals surface area (Å²) >= 11 is 0. The molecule has 19 heavy (non-hydrogen) atoms. The van der Waals surface area contributed by atoms with E-state index in [0.29, 0.717) is 17.9 Å². The van der Waals surface area contributed by atoms with Gasteiger partial charge in [-0.1, -0.05) is 18.2 Å². The fourth-order valence-electron chi connectivity index (χ4n) is 2.05. The van der Waals surface area contributed by atoms with Crippen molar-refractivity contribution in [1.29, 1.82) is 0 Å². The van der Waals surface area contributed by atoms with E-state index in [-0.39, 0.29) is 5.82 Å². The molecule has 2 aromatic heterocycles. The molecule has 2 heterocycles. The first kappa shape index (κ1) is 11.6. The predicted molar refractivity (Wildman–Crippen MR) is 72.2 cm³/mol. The monoisotopic (exact) mass is 256 g/mol. The van der Waals surface area contributed by atoms with E-state index in [0.717, 1.165) is 11.0 Å². The summed E-state index contributed by atoms with van der Waals surface area (Å²) < 4.78 is 15.4. The van der Waals surface area contributed by atoms with E-state index in [1.165, 1.54) is 6.07 Å². The van der Waals surface area contributed by atoms with E-state index in [1.54, 1.807) is 24.7 Å². The molecule has 0 aliphatic carbocycles. The van der Waals surface area contributed by atoms with E-state index in [9.17, 15) is 4.39 Å². The summed E-state index contributed by atoms with van der Waals surface area (Å²) in [6.07, 6.45) is 3.43. The minimum absolute atomic E-state index is 0.216. The van der Waals surface area contributed by atoms with Gasteiger partial charge in [-0.25, -0.2) is 14.4 Å². The molecule has 0 atom stereocenters. The number of nitrogens with zero attached hydrogens (tertiary/aromatic N) is 3. The zero-order valence-electron chi connectivity index (χ0n) is 10.5. The van der Waals surface area contributed by atoms with Gasteiger partial charge >= 0.3 is 0 Å². The molecule has 0 saturated heterocycles. The Morgan fingerprint density at radius 2 is 2.05 bits per heavy atom. The molecule has 0 fully saturated rings. The Morgan fingerprint density at radius 3 is 2.89 bits per heavy atom. The molecule has 0 saturated carbocycles. The van der Waals surface area contributed by atoms with Crippen molar-refractivity contribution in [2.45, 2.75) is 6.54 Å². The second-order valence-corrected chi connectivity index (χ2v) is 4.33. The Labute approximate surface area is 109 Å². The molecule has 5 heteroatoms. The molecule has 0 radical (unpaired) electrons. The van der Waals surface area contributed by atoms with Crippen LogP contribution in [-0.2, 0) is 13.6 Å². The van der Waals surface area contributed by atoms with Crippen LogP contribution in [0.15, 0.2) is 42.9 Å². The minimum Gasteiger partial charge on any atom is -0.364 e. The van der Waals surface area contributed by atoms with Crippen LogP contribution >= 0.6 is 0 Å². The first-order valence-corrected chi connectivity index (χ1v) is 5.99. The molecule has 0 bridgehead atoms. The van der Waals surface area contributed by atoms with Gasteiger partial charge in [0.15, 0.2) is 5.82 Å². The third-order valence-corrected chi connectivity index (χ3v) is 3.03. The molecule has 4 nitrogen and oxygen atoms in total. The van der Waals surface area contributed by atoms with Crippen molar-refractivity contribution in [2.24, 2.45) is 7.05 Å². The van der Waals surface area contributed by atoms with Crippen LogP contribution in [0.4, 0.5) is 10.2 Å². The summed E-state index contributed by atoms with van der Waals surface area (Å²) in [5, 5.41) is 3.16. The van der Waals surface area contributed by atoms with Crippen molar-refractivity contribution in [3.63, 3.8) is 0 Å². The van der Waals surface area contributed by atoms with Crippen LogP contribution < -0.4 is 5.32 Å². The lowest BCUT2D eigenvalue weighted by Crippen LogP contribution is -2.04. The number of pyridine rings is 1. The van der Waals surface area contributed by atoms with Crippen LogP contribution in [0.25, 0.3) is 11.0 Å². The number of nitrogens with one attached hydrogen (secondary N) is 1. The number of aromatic nitrogens is 3. The van der Waals surface area contributed by atoms with Gasteiger partial charge in [-0.3, -0.25) is 0 Å². The number of fused-ring (bicyclic) bond motifs is 1. The van der Waals surface area contributed by atoms with Gasteiger partial charge in [0.25, 0.3) is 0 Å². The predicted octanol–water partition coefficient (Wildman–Crippen LogP) is 2.72. The molecule has 0 unspecified atom stereocenters. The molecule has 1 aromatic carbocycles. The van der Waals surface area contributed by atoms with Gasteiger partial charge in [0.2, 0.25) is 0 Å². The highest BCUT2D eigenvalue weighted by molar-refractivity contribution is 5.85. The number of anilines is 1. The van der Waals surface area contributed by atoms with E-state index < -0.39 is 0 Å². The van der Waals surface area contributed by atoms with Crippen LogP contribution in [0.2, 0.25) is 0 Å². The Hall–Kier alpha value is -2.43. The third-order valence-electron chi connectivity index (χ3n) is 3.03. The number of aryl methyl sites for hydroxylation is 1. The van der Waals surface area contributed by atoms with Crippen LogP contribution in [-0.4, -0.2) is 14.5 Å². The number of rotatable bonds is 3. The third kappa shape index (κ3) is 2.14. The average Bonchev–Trinajstić information content (AvgIpc) is 2.80. The molecule has 0 aliphatic heterocycles. The van der Waals surface area contributed by atoms with Gasteiger partial charge in [0, 0.05) is 25.4 Å². The summed E-state index contributed by atoms with van der Waals surface area (Å²) in [5.74, 6) is 0.493. The quantitative estimate of drug-likeness (QED) is 0.783. The highest BCUT2D eigenvalue weighted by Crippen LogP contribution is 2.20. The standard InChI is InChI=1S/C14H13FN4/c1-19-9-18-12-6-7-16-14(13(12)19)17-8-10-4-2-3-5-11(10)15/h2-7,9H,8H2,1H3,(H,16,17). The summed E-state index contributed by atoms with van der Waals surface area (Å²) in [5.41, 5.74) is 2.40. The lowest BCUT2D eigenvalue weighted by Gasteiger charge is -2.08. The van der Waals surface area contributed by atoms with Crippen molar-refractivity contribution in [2.75, 3.05) is 5.32 Å². The summed E-state index contributed by atoms with van der Waals surface area (Å²) in [7, 11) is 1.91. The highest BCUT2D eigenvalue weighted by atomic mass is 19.1. The van der Waals surface area contributed by atoms with Crippen LogP contribution in [0, 0.1) is 5.82 Å². The number of benzene rings is 1. The van der Waals surface area contributed by atoms with Gasteiger partial charge in [0.05, 0.1) is 11.8 Å². The van der Waals surface area contributed by atoms with Crippen LogP contribution in [0.3, 0.4) is 0 Å². The van der Waals surface area contributed by atoms with E-state index in [2.05, 4.69) is 15.3 Å². The first-order valence-electron chi connectivity index (χ1n) is 5.99. The number of hydrogen-bond donors (Lipinski definition) is 1. The van der Waals surface area contributed by atoms with Crippen LogP contribution in [0.1, 0.15) is 5.56 Å². The summed E-state index contributed by atoms with van der Waals surface area (Å²) in [4.78, 5) is 8.55. The fraction of sp³-hybridized carbons (Fsp3) is 0.143. The molecule has 3 rings (SSSR count). The highest BCUT2D eigenvalue weighted by Gasteiger charge is 2.07. The van der Waals surface area contributed by atoms with Crippen molar-refractivity contribution in [1.82, 2.24) is 14.5 Å². The summed E-state index contributed by atoms with van der Waals surface area (Å²) in [6.45, 7) is 0.393. The lowest BCUT2D eigenvalue weighted by molar-refractivity contribution is 0.613. The average molecular weight is 256 g/mol. The number of imidazole rings is 1. The molecular formula is C14H13FN4. The van der Waals surface area contributed by atoms with Crippen LogP contribution in [0.5, 0.6) is 0 Å². The van der Waals surface area contributed by atoms with E-state index >= 15 is 0 Å². The zero-order chi connectivity index (χ0) is 13.2. The maximum Gasteiger partial charge on any atom is 0.152 e. The van der Waals surface area contributed by atoms with Crippen molar-refractivity contribution in [3.05, 3.63) is 54.2 Å². The first-order chi connectivity index (χ1) is 9.25. The topological polar surface area (TPSA) is 42.7 Å². The normalized spacial score (nSPS) is 10.8. The smallest absolute Gasteiger partial charge is 0.152 e. The number of halogens is 1. The van der Waals surface area contributed by atoms with Gasteiger partial charge < -0.3 is 9.88 Å². The molecular weight excluding hydrogens is 243 g/mol. The van der Waals surface area contributed by atoms with E-state index in [1.807, 2.05) is 23.7 Å². The van der Waals surface area contributed by atoms with Crippen molar-refractivity contribution < 1.29 is 4.39 Å². The molecule has 0 aliphatic rings. The summed E-state index contributed by atoms with van der Waals surface area (Å²) in [6, 6.07) is 8.56. The van der Waals surface area contributed by atoms with Gasteiger partial charge in [-0.05, 0) is 12.1 Å². The fourth-order valence-corrected chi connectivity index (χ4v) is 2.05. The maximum absolute atomic E-state index is 13.5. The van der Waals surface area contributed by atoms with Gasteiger partial charge in [0.1, 0.15) is 11.3 Å². The van der Waals surface area contributed by atoms with Crippen molar-refractivity contribution in [3.8, 4) is 0 Å². The molecule has 0 spiro atoms. The minimum atomic E-state index is -0.216. The largest absolute Gasteiger partial charge is 0.364 e. The van der Waals surface area contributed by atoms with E-state index in [4.69, 9.17) is 0 Å². The SMILES string of the molecule is Cn1cnc2ccnc(NCc3ccccc3F)c21. The Kier molecular flexibility index (Phi) is 2.87. The van der Waals surface area contributed by atoms with Gasteiger partial charge in [-0.2, -0.15) is 0 Å². The molecule has 0 amide bonds. The number of hydrogen-bond acceptors (Lipinski definition) is 3. The molecule has 96 valence electrons. The van der Waals surface area contributed by atoms with Crippen molar-refractivity contribution >= 4 is 16.9 Å².